The van der Waals surface area contributed by atoms with Gasteiger partial charge in [-0.3, -0.25) is 28.8 Å². The molecule has 2 amide bonds. The van der Waals surface area contributed by atoms with Gasteiger partial charge in [0.25, 0.3) is 11.5 Å². The Labute approximate surface area is 257 Å². The van der Waals surface area contributed by atoms with Crippen molar-refractivity contribution in [2.75, 3.05) is 31.6 Å². The zero-order valence-corrected chi connectivity index (χ0v) is 25.1. The standard InChI is InChI=1S/C31H35F2N7O5/c1-3-13-40-28-27(29(42)37-31(40)44)35-24(36-28)11-10-23(45-2)20-8-12-25(34-18-20)39(16-5-15-38-14-4-6-26(38)41)30(43)19-7-9-21(32)22(33)17-19/h7-9,12,17-18,23H,3-6,10-11,13-16H2,1-2H3,(H,35,36)(H,37,42,44)/t23-/m0/s1. The van der Waals surface area contributed by atoms with E-state index >= 15 is 0 Å². The molecule has 4 aromatic rings. The number of rotatable bonds is 13. The predicted molar refractivity (Wildman–Crippen MR) is 162 cm³/mol. The summed E-state index contributed by atoms with van der Waals surface area (Å²) >= 11 is 0. The van der Waals surface area contributed by atoms with Gasteiger partial charge >= 0.3 is 5.69 Å². The number of hydrogen-bond donors (Lipinski definition) is 2. The molecule has 1 fully saturated rings. The van der Waals surface area contributed by atoms with Crippen LogP contribution in [0.1, 0.15) is 66.9 Å². The number of aromatic amines is 2. The molecular formula is C31H35F2N7O5. The number of fused-ring (bicyclic) bond motifs is 1. The van der Waals surface area contributed by atoms with Gasteiger partial charge in [0.05, 0.1) is 6.10 Å². The highest BCUT2D eigenvalue weighted by molar-refractivity contribution is 6.05. The number of aromatic nitrogens is 5. The lowest BCUT2D eigenvalue weighted by molar-refractivity contribution is -0.127. The summed E-state index contributed by atoms with van der Waals surface area (Å²) in [6, 6.07) is 6.42. The topological polar surface area (TPSA) is 146 Å². The summed E-state index contributed by atoms with van der Waals surface area (Å²) in [4.78, 5) is 67.6. The van der Waals surface area contributed by atoms with Crippen molar-refractivity contribution < 1.29 is 23.1 Å². The number of imidazole rings is 1. The number of likely N-dealkylation sites (tertiary alicyclic amines) is 1. The highest BCUT2D eigenvalue weighted by atomic mass is 19.2. The van der Waals surface area contributed by atoms with Gasteiger partial charge in [-0.05, 0) is 55.5 Å². The molecule has 4 heterocycles. The number of amides is 2. The fourth-order valence-electron chi connectivity index (χ4n) is 5.54. The Morgan fingerprint density at radius 3 is 2.60 bits per heavy atom. The minimum Gasteiger partial charge on any atom is -0.377 e. The van der Waals surface area contributed by atoms with Crippen LogP contribution in [0.4, 0.5) is 14.6 Å². The number of hydrogen-bond acceptors (Lipinski definition) is 7. The van der Waals surface area contributed by atoms with Crippen LogP contribution in [0.25, 0.3) is 11.2 Å². The summed E-state index contributed by atoms with van der Waals surface area (Å²) in [5.41, 5.74) is 0.203. The Morgan fingerprint density at radius 1 is 1.11 bits per heavy atom. The number of methoxy groups -OCH3 is 1. The minimum absolute atomic E-state index is 0.0270. The molecular weight excluding hydrogens is 588 g/mol. The van der Waals surface area contributed by atoms with Gasteiger partial charge in [0.2, 0.25) is 5.91 Å². The zero-order chi connectivity index (χ0) is 32.1. The number of carbonyl (C=O) groups excluding carboxylic acids is 2. The highest BCUT2D eigenvalue weighted by Gasteiger charge is 2.24. The largest absolute Gasteiger partial charge is 0.377 e. The van der Waals surface area contributed by atoms with Crippen LogP contribution in [0, 0.1) is 11.6 Å². The minimum atomic E-state index is -1.13. The van der Waals surface area contributed by atoms with Crippen LogP contribution in [-0.4, -0.2) is 68.0 Å². The van der Waals surface area contributed by atoms with E-state index in [1.165, 1.54) is 15.5 Å². The summed E-state index contributed by atoms with van der Waals surface area (Å²) in [6.45, 7) is 3.68. The molecule has 3 aromatic heterocycles. The Bertz CT molecular complexity index is 1800. The normalized spacial score (nSPS) is 14.0. The Morgan fingerprint density at radius 2 is 1.93 bits per heavy atom. The molecule has 0 saturated carbocycles. The second kappa shape index (κ2) is 13.9. The fourth-order valence-corrected chi connectivity index (χ4v) is 5.54. The molecule has 14 heteroatoms. The quantitative estimate of drug-likeness (QED) is 0.232. The van der Waals surface area contributed by atoms with Gasteiger partial charge in [0.1, 0.15) is 17.2 Å². The number of aryl methyl sites for hydroxylation is 2. The van der Waals surface area contributed by atoms with Gasteiger partial charge in [-0.2, -0.15) is 0 Å². The summed E-state index contributed by atoms with van der Waals surface area (Å²) in [7, 11) is 1.55. The third-order valence-electron chi connectivity index (χ3n) is 7.87. The van der Waals surface area contributed by atoms with Crippen molar-refractivity contribution in [3.8, 4) is 0 Å². The monoisotopic (exact) mass is 623 g/mol. The molecule has 1 atom stereocenters. The van der Waals surface area contributed by atoms with E-state index in [1.54, 1.807) is 30.3 Å². The van der Waals surface area contributed by atoms with Gasteiger partial charge in [0, 0.05) is 57.9 Å². The molecule has 1 aliphatic heterocycles. The fraction of sp³-hybridized carbons (Fsp3) is 0.419. The van der Waals surface area contributed by atoms with Crippen LogP contribution >= 0.6 is 0 Å². The lowest BCUT2D eigenvalue weighted by Gasteiger charge is -2.24. The first kappa shape index (κ1) is 31.7. The van der Waals surface area contributed by atoms with Crippen molar-refractivity contribution in [3.63, 3.8) is 0 Å². The van der Waals surface area contributed by atoms with Crippen molar-refractivity contribution in [1.82, 2.24) is 29.4 Å². The second-order valence-electron chi connectivity index (χ2n) is 10.9. The number of nitrogens with one attached hydrogen (secondary N) is 2. The number of benzene rings is 1. The van der Waals surface area contributed by atoms with Crippen molar-refractivity contribution in [1.29, 1.82) is 0 Å². The number of anilines is 1. The molecule has 12 nitrogen and oxygen atoms in total. The average molecular weight is 624 g/mol. The second-order valence-corrected chi connectivity index (χ2v) is 10.9. The van der Waals surface area contributed by atoms with Crippen molar-refractivity contribution in [3.05, 3.63) is 86.0 Å². The van der Waals surface area contributed by atoms with Crippen LogP contribution in [0.5, 0.6) is 0 Å². The maximum atomic E-state index is 14.0. The first-order chi connectivity index (χ1) is 21.7. The SMILES string of the molecule is CCCn1c(=O)[nH]c(=O)c2[nH]c(CC[C@H](OC)c3ccc(N(CCCN4CCCC4=O)C(=O)c4ccc(F)c(F)c4)nc3)nc21. The third kappa shape index (κ3) is 7.00. The van der Waals surface area contributed by atoms with Crippen molar-refractivity contribution in [2.24, 2.45) is 0 Å². The van der Waals surface area contributed by atoms with E-state index in [1.807, 2.05) is 6.92 Å². The zero-order valence-electron chi connectivity index (χ0n) is 25.1. The molecule has 0 aliphatic carbocycles. The van der Waals surface area contributed by atoms with E-state index in [0.29, 0.717) is 69.0 Å². The van der Waals surface area contributed by atoms with Crippen LogP contribution in [0.15, 0.2) is 46.1 Å². The smallest absolute Gasteiger partial charge is 0.330 e. The van der Waals surface area contributed by atoms with E-state index in [2.05, 4.69) is 19.9 Å². The number of pyridine rings is 1. The summed E-state index contributed by atoms with van der Waals surface area (Å²) in [5, 5.41) is 0. The van der Waals surface area contributed by atoms with Crippen LogP contribution in [0.2, 0.25) is 0 Å². The van der Waals surface area contributed by atoms with Crippen molar-refractivity contribution in [2.45, 2.75) is 58.1 Å². The molecule has 1 saturated heterocycles. The Hall–Kier alpha value is -4.72. The number of halogens is 2. The predicted octanol–water partition coefficient (Wildman–Crippen LogP) is 3.48. The van der Waals surface area contributed by atoms with Gasteiger partial charge in [-0.25, -0.2) is 23.5 Å². The number of H-pyrrole nitrogens is 2. The summed E-state index contributed by atoms with van der Waals surface area (Å²) in [6.07, 6.45) is 4.52. The molecule has 0 radical (unpaired) electrons. The molecule has 1 aliphatic rings. The highest BCUT2D eigenvalue weighted by Crippen LogP contribution is 2.25. The maximum Gasteiger partial charge on any atom is 0.330 e. The molecule has 238 valence electrons. The summed E-state index contributed by atoms with van der Waals surface area (Å²) < 4.78 is 34.7. The van der Waals surface area contributed by atoms with E-state index in [9.17, 15) is 28.0 Å². The van der Waals surface area contributed by atoms with Gasteiger partial charge < -0.3 is 14.6 Å². The average Bonchev–Trinajstić information content (AvgIpc) is 3.65. The van der Waals surface area contributed by atoms with E-state index in [0.717, 1.165) is 24.1 Å². The molecule has 0 bridgehead atoms. The van der Waals surface area contributed by atoms with E-state index in [-0.39, 0.29) is 23.5 Å². The molecule has 5 rings (SSSR count). The number of nitrogens with zero attached hydrogens (tertiary/aromatic N) is 5. The lowest BCUT2D eigenvalue weighted by Crippen LogP contribution is -2.35. The Balaban J connectivity index is 1.32. The van der Waals surface area contributed by atoms with Gasteiger partial charge in [-0.15, -0.1) is 0 Å². The van der Waals surface area contributed by atoms with Gasteiger partial charge in [-0.1, -0.05) is 13.0 Å². The van der Waals surface area contributed by atoms with Crippen LogP contribution < -0.4 is 16.1 Å². The number of ether oxygens (including phenoxy) is 1. The van der Waals surface area contributed by atoms with Crippen LogP contribution in [-0.2, 0) is 22.5 Å². The molecule has 2 N–H and O–H groups in total. The first-order valence-electron chi connectivity index (χ1n) is 14.9. The van der Waals surface area contributed by atoms with E-state index in [4.69, 9.17) is 4.74 Å². The molecule has 45 heavy (non-hydrogen) atoms. The van der Waals surface area contributed by atoms with Crippen LogP contribution in [0.3, 0.4) is 0 Å². The number of carbonyl (C=O) groups is 2. The molecule has 0 spiro atoms. The van der Waals surface area contributed by atoms with E-state index < -0.39 is 34.9 Å². The lowest BCUT2D eigenvalue weighted by atomic mass is 10.1. The maximum absolute atomic E-state index is 14.0. The first-order valence-corrected chi connectivity index (χ1v) is 14.9. The van der Waals surface area contributed by atoms with Crippen molar-refractivity contribution >= 4 is 28.8 Å². The Kier molecular flexibility index (Phi) is 9.81. The summed E-state index contributed by atoms with van der Waals surface area (Å²) in [5.74, 6) is -1.82. The van der Waals surface area contributed by atoms with Gasteiger partial charge in [0.15, 0.2) is 17.3 Å². The molecule has 1 aromatic carbocycles. The third-order valence-corrected chi connectivity index (χ3v) is 7.87. The molecule has 0 unspecified atom stereocenters.